The summed E-state index contributed by atoms with van der Waals surface area (Å²) in [6.07, 6.45) is 3.70. The topological polar surface area (TPSA) is 105 Å². The van der Waals surface area contributed by atoms with Crippen LogP contribution in [-0.4, -0.2) is 32.7 Å². The van der Waals surface area contributed by atoms with Crippen LogP contribution >= 0.6 is 11.6 Å². The summed E-state index contributed by atoms with van der Waals surface area (Å²) >= 11 is 5.86. The molecule has 1 fully saturated rings. The van der Waals surface area contributed by atoms with Crippen molar-refractivity contribution in [2.45, 2.75) is 50.5 Å². The van der Waals surface area contributed by atoms with Gasteiger partial charge in [-0.25, -0.2) is 0 Å². The van der Waals surface area contributed by atoms with Crippen LogP contribution in [0.15, 0.2) is 28.8 Å². The van der Waals surface area contributed by atoms with Crippen LogP contribution in [0.3, 0.4) is 0 Å². The average molecular weight is 378 g/mol. The van der Waals surface area contributed by atoms with Gasteiger partial charge in [-0.15, -0.1) is 0 Å². The lowest BCUT2D eigenvalue weighted by Crippen LogP contribution is -2.47. The molecule has 26 heavy (non-hydrogen) atoms. The third-order valence-corrected chi connectivity index (χ3v) is 4.84. The standard InChI is InChI=1S/C18H20ClN3O4/c19-13-5-3-12(4-6-13)17-20-15(26-22-17)8-7-14(23)21-18(11-16(24)25)9-1-2-10-18/h3-6H,1-2,7-11H2,(H,21,23)(H,24,25). The van der Waals surface area contributed by atoms with Crippen LogP contribution in [0.4, 0.5) is 0 Å². The summed E-state index contributed by atoms with van der Waals surface area (Å²) in [5.74, 6) is -0.282. The number of nitrogens with zero attached hydrogens (tertiary/aromatic N) is 2. The Balaban J connectivity index is 1.56. The monoisotopic (exact) mass is 377 g/mol. The van der Waals surface area contributed by atoms with Gasteiger partial charge in [-0.1, -0.05) is 29.6 Å². The van der Waals surface area contributed by atoms with E-state index in [1.54, 1.807) is 24.3 Å². The Morgan fingerprint density at radius 3 is 2.58 bits per heavy atom. The number of amides is 1. The minimum atomic E-state index is -0.892. The molecule has 0 unspecified atom stereocenters. The molecule has 1 aromatic carbocycles. The number of aromatic nitrogens is 2. The number of halogens is 1. The summed E-state index contributed by atoms with van der Waals surface area (Å²) in [6.45, 7) is 0. The molecule has 2 aromatic rings. The van der Waals surface area contributed by atoms with Gasteiger partial charge in [0.1, 0.15) is 0 Å². The molecule has 0 bridgehead atoms. The lowest BCUT2D eigenvalue weighted by Gasteiger charge is -2.28. The molecule has 8 heteroatoms. The lowest BCUT2D eigenvalue weighted by atomic mass is 9.93. The maximum atomic E-state index is 12.3. The summed E-state index contributed by atoms with van der Waals surface area (Å²) in [4.78, 5) is 27.6. The van der Waals surface area contributed by atoms with E-state index in [0.717, 1.165) is 18.4 Å². The molecular formula is C18H20ClN3O4. The smallest absolute Gasteiger partial charge is 0.305 e. The SMILES string of the molecule is O=C(O)CC1(NC(=O)CCc2nc(-c3ccc(Cl)cc3)no2)CCCC1. The molecule has 0 radical (unpaired) electrons. The molecule has 1 saturated carbocycles. The van der Waals surface area contributed by atoms with Crippen LogP contribution in [0.25, 0.3) is 11.4 Å². The quantitative estimate of drug-likeness (QED) is 0.767. The van der Waals surface area contributed by atoms with Gasteiger partial charge in [0.05, 0.1) is 12.0 Å². The van der Waals surface area contributed by atoms with Crippen molar-refractivity contribution in [3.63, 3.8) is 0 Å². The molecule has 7 nitrogen and oxygen atoms in total. The fourth-order valence-corrected chi connectivity index (χ4v) is 3.46. The number of carboxylic acid groups (broad SMARTS) is 1. The lowest BCUT2D eigenvalue weighted by molar-refractivity contribution is -0.139. The van der Waals surface area contributed by atoms with Crippen LogP contribution in [0, 0.1) is 0 Å². The molecule has 0 saturated heterocycles. The summed E-state index contributed by atoms with van der Waals surface area (Å²) in [7, 11) is 0. The zero-order chi connectivity index (χ0) is 18.6. The summed E-state index contributed by atoms with van der Waals surface area (Å²) in [5.41, 5.74) is 0.159. The minimum Gasteiger partial charge on any atom is -0.481 e. The molecule has 1 aliphatic rings. The number of aliphatic carboxylic acids is 1. The highest BCUT2D eigenvalue weighted by Gasteiger charge is 2.37. The molecule has 0 atom stereocenters. The van der Waals surface area contributed by atoms with Crippen LogP contribution in [0.1, 0.15) is 44.4 Å². The molecule has 3 rings (SSSR count). The van der Waals surface area contributed by atoms with Gasteiger partial charge in [0.2, 0.25) is 17.6 Å². The fraction of sp³-hybridized carbons (Fsp3) is 0.444. The predicted molar refractivity (Wildman–Crippen MR) is 94.7 cm³/mol. The van der Waals surface area contributed by atoms with Gasteiger partial charge < -0.3 is 14.9 Å². The number of carboxylic acids is 1. The molecule has 1 heterocycles. The van der Waals surface area contributed by atoms with E-state index in [4.69, 9.17) is 21.2 Å². The zero-order valence-electron chi connectivity index (χ0n) is 14.2. The van der Waals surface area contributed by atoms with Crippen LogP contribution < -0.4 is 5.32 Å². The van der Waals surface area contributed by atoms with Gasteiger partial charge in [-0.3, -0.25) is 9.59 Å². The second-order valence-corrected chi connectivity index (χ2v) is 7.06. The summed E-state index contributed by atoms with van der Waals surface area (Å²) in [6, 6.07) is 7.06. The van der Waals surface area contributed by atoms with Crippen molar-refractivity contribution in [1.82, 2.24) is 15.5 Å². The van der Waals surface area contributed by atoms with E-state index in [1.165, 1.54) is 0 Å². The van der Waals surface area contributed by atoms with Crippen molar-refractivity contribution < 1.29 is 19.2 Å². The van der Waals surface area contributed by atoms with Gasteiger partial charge in [0, 0.05) is 23.4 Å². The first-order chi connectivity index (χ1) is 12.5. The molecule has 0 aliphatic heterocycles. The number of carbonyl (C=O) groups excluding carboxylic acids is 1. The summed E-state index contributed by atoms with van der Waals surface area (Å²) < 4.78 is 5.19. The number of aryl methyl sites for hydroxylation is 1. The fourth-order valence-electron chi connectivity index (χ4n) is 3.34. The van der Waals surface area contributed by atoms with Gasteiger partial charge in [0.15, 0.2) is 0 Å². The van der Waals surface area contributed by atoms with Crippen LogP contribution in [-0.2, 0) is 16.0 Å². The Kier molecular flexibility index (Phi) is 5.56. The van der Waals surface area contributed by atoms with Gasteiger partial charge >= 0.3 is 5.97 Å². The largest absolute Gasteiger partial charge is 0.481 e. The Bertz CT molecular complexity index is 782. The maximum Gasteiger partial charge on any atom is 0.305 e. The van der Waals surface area contributed by atoms with E-state index in [0.29, 0.717) is 36.0 Å². The molecule has 2 N–H and O–H groups in total. The summed E-state index contributed by atoms with van der Waals surface area (Å²) in [5, 5.41) is 16.5. The first kappa shape index (κ1) is 18.4. The normalized spacial score (nSPS) is 15.7. The maximum absolute atomic E-state index is 12.3. The van der Waals surface area contributed by atoms with Crippen LogP contribution in [0.2, 0.25) is 5.02 Å². The highest BCUT2D eigenvalue weighted by Crippen LogP contribution is 2.32. The van der Waals surface area contributed by atoms with Crippen LogP contribution in [0.5, 0.6) is 0 Å². The zero-order valence-corrected chi connectivity index (χ0v) is 15.0. The predicted octanol–water partition coefficient (Wildman–Crippen LogP) is 3.23. The number of carbonyl (C=O) groups is 2. The molecule has 1 amide bonds. The van der Waals surface area contributed by atoms with E-state index in [1.807, 2.05) is 0 Å². The van der Waals surface area contributed by atoms with Crippen molar-refractivity contribution in [3.8, 4) is 11.4 Å². The number of nitrogens with one attached hydrogen (secondary N) is 1. The van der Waals surface area contributed by atoms with Crippen molar-refractivity contribution in [2.75, 3.05) is 0 Å². The third kappa shape index (κ3) is 4.60. The highest BCUT2D eigenvalue weighted by molar-refractivity contribution is 6.30. The van der Waals surface area contributed by atoms with E-state index < -0.39 is 11.5 Å². The molecule has 1 aliphatic carbocycles. The van der Waals surface area contributed by atoms with E-state index in [9.17, 15) is 9.59 Å². The Labute approximate surface area is 155 Å². The Morgan fingerprint density at radius 1 is 1.23 bits per heavy atom. The van der Waals surface area contributed by atoms with Crippen molar-refractivity contribution in [3.05, 3.63) is 35.2 Å². The van der Waals surface area contributed by atoms with Gasteiger partial charge in [0.25, 0.3) is 0 Å². The van der Waals surface area contributed by atoms with Gasteiger partial charge in [-0.05, 0) is 37.1 Å². The first-order valence-corrected chi connectivity index (χ1v) is 8.95. The highest BCUT2D eigenvalue weighted by atomic mass is 35.5. The minimum absolute atomic E-state index is 0.0417. The first-order valence-electron chi connectivity index (χ1n) is 8.57. The van der Waals surface area contributed by atoms with E-state index in [-0.39, 0.29) is 18.7 Å². The Morgan fingerprint density at radius 2 is 1.92 bits per heavy atom. The molecule has 138 valence electrons. The van der Waals surface area contributed by atoms with E-state index in [2.05, 4.69) is 15.5 Å². The molecule has 0 spiro atoms. The number of hydrogen-bond donors (Lipinski definition) is 2. The second kappa shape index (κ2) is 7.86. The number of benzene rings is 1. The average Bonchev–Trinajstić information content (AvgIpc) is 3.23. The second-order valence-electron chi connectivity index (χ2n) is 6.62. The van der Waals surface area contributed by atoms with Crippen molar-refractivity contribution >= 4 is 23.5 Å². The van der Waals surface area contributed by atoms with Crippen molar-refractivity contribution in [2.24, 2.45) is 0 Å². The Hall–Kier alpha value is -2.41. The van der Waals surface area contributed by atoms with Gasteiger partial charge in [-0.2, -0.15) is 4.98 Å². The van der Waals surface area contributed by atoms with E-state index >= 15 is 0 Å². The molecular weight excluding hydrogens is 358 g/mol. The molecule has 1 aromatic heterocycles. The number of rotatable bonds is 7. The third-order valence-electron chi connectivity index (χ3n) is 4.59. The number of hydrogen-bond acceptors (Lipinski definition) is 5. The van der Waals surface area contributed by atoms with Crippen molar-refractivity contribution in [1.29, 1.82) is 0 Å².